The number of ether oxygens (including phenoxy) is 1. The fourth-order valence-corrected chi connectivity index (χ4v) is 4.91. The Morgan fingerprint density at radius 1 is 1.02 bits per heavy atom. The lowest BCUT2D eigenvalue weighted by Gasteiger charge is -2.11. The van der Waals surface area contributed by atoms with Crippen LogP contribution in [-0.4, -0.2) is 40.5 Å². The molecule has 2 aromatic carbocycles. The van der Waals surface area contributed by atoms with Gasteiger partial charge < -0.3 is 15.4 Å². The number of amides is 2. The van der Waals surface area contributed by atoms with Crippen LogP contribution in [0.4, 0.5) is 26.4 Å². The van der Waals surface area contributed by atoms with Gasteiger partial charge in [0.15, 0.2) is 0 Å². The number of benzene rings is 2. The number of anilines is 3. The third-order valence-electron chi connectivity index (χ3n) is 5.56. The molecule has 2 amide bonds. The van der Waals surface area contributed by atoms with Gasteiger partial charge >= 0.3 is 6.03 Å². The summed E-state index contributed by atoms with van der Waals surface area (Å²) in [5.74, 6) is -0.298. The minimum Gasteiger partial charge on any atom is -0.457 e. The molecule has 5 aromatic rings. The number of hydrogen-bond donors (Lipinski definition) is 3. The van der Waals surface area contributed by atoms with Gasteiger partial charge in [0.1, 0.15) is 28.8 Å². The maximum Gasteiger partial charge on any atom is 0.323 e. The van der Waals surface area contributed by atoms with E-state index in [1.807, 2.05) is 32.0 Å². The van der Waals surface area contributed by atoms with Gasteiger partial charge in [0.25, 0.3) is 0 Å². The minimum atomic E-state index is -3.52. The molecule has 40 heavy (non-hydrogen) atoms. The Morgan fingerprint density at radius 3 is 2.55 bits per heavy atom. The Morgan fingerprint density at radius 2 is 1.80 bits per heavy atom. The van der Waals surface area contributed by atoms with E-state index in [1.165, 1.54) is 41.8 Å². The van der Waals surface area contributed by atoms with Crippen LogP contribution in [0, 0.1) is 5.82 Å². The molecule has 0 unspecified atom stereocenters. The lowest BCUT2D eigenvalue weighted by Crippen LogP contribution is -2.20. The highest BCUT2D eigenvalue weighted by Gasteiger charge is 2.17. The van der Waals surface area contributed by atoms with E-state index in [-0.39, 0.29) is 29.0 Å². The number of pyridine rings is 1. The van der Waals surface area contributed by atoms with E-state index < -0.39 is 21.9 Å². The van der Waals surface area contributed by atoms with E-state index >= 15 is 0 Å². The van der Waals surface area contributed by atoms with Crippen LogP contribution in [0.1, 0.15) is 19.9 Å². The number of fused-ring (bicyclic) bond motifs is 1. The Kier molecular flexibility index (Phi) is 7.36. The van der Waals surface area contributed by atoms with Crippen LogP contribution in [0.15, 0.2) is 66.4 Å². The SMILES string of the molecule is CC(C)n1cc(NC(=O)Nc2ccc(Oc3ccnc(NS(C)(=O)=O)c3)cc2F)c(-c2ccc3scnc3c2)n1. The van der Waals surface area contributed by atoms with Crippen LogP contribution in [0.3, 0.4) is 0 Å². The molecule has 5 rings (SSSR count). The van der Waals surface area contributed by atoms with E-state index in [0.29, 0.717) is 11.4 Å². The summed E-state index contributed by atoms with van der Waals surface area (Å²) in [7, 11) is -3.52. The number of sulfonamides is 1. The molecule has 0 atom stereocenters. The van der Waals surface area contributed by atoms with Crippen LogP contribution in [0.25, 0.3) is 21.5 Å². The zero-order valence-corrected chi connectivity index (χ0v) is 23.2. The Labute approximate surface area is 233 Å². The number of carbonyl (C=O) groups excluding carboxylic acids is 1. The monoisotopic (exact) mass is 581 g/mol. The van der Waals surface area contributed by atoms with Crippen molar-refractivity contribution in [3.05, 3.63) is 72.3 Å². The number of rotatable bonds is 8. The van der Waals surface area contributed by atoms with Crippen molar-refractivity contribution < 1.29 is 22.3 Å². The number of aromatic nitrogens is 4. The maximum atomic E-state index is 14.9. The number of carbonyl (C=O) groups is 1. The molecule has 0 spiro atoms. The number of urea groups is 1. The molecule has 14 heteroatoms. The third kappa shape index (κ3) is 6.35. The van der Waals surface area contributed by atoms with Gasteiger partial charge in [-0.2, -0.15) is 5.10 Å². The van der Waals surface area contributed by atoms with Gasteiger partial charge in [-0.05, 0) is 44.2 Å². The number of nitrogens with one attached hydrogen (secondary N) is 3. The van der Waals surface area contributed by atoms with Crippen molar-refractivity contribution in [3.8, 4) is 22.8 Å². The number of hydrogen-bond acceptors (Lipinski definition) is 8. The summed E-state index contributed by atoms with van der Waals surface area (Å²) in [5, 5.41) is 9.92. The molecule has 0 bridgehead atoms. The molecule has 0 fully saturated rings. The average Bonchev–Trinajstić information content (AvgIpc) is 3.51. The topological polar surface area (TPSA) is 140 Å². The number of halogens is 1. The second-order valence-corrected chi connectivity index (χ2v) is 11.7. The molecule has 0 radical (unpaired) electrons. The van der Waals surface area contributed by atoms with Gasteiger partial charge in [0.05, 0.1) is 33.4 Å². The van der Waals surface area contributed by atoms with Crippen molar-refractivity contribution in [2.24, 2.45) is 0 Å². The van der Waals surface area contributed by atoms with Crippen molar-refractivity contribution >= 4 is 54.8 Å². The van der Waals surface area contributed by atoms with E-state index in [1.54, 1.807) is 16.4 Å². The fourth-order valence-electron chi connectivity index (χ4n) is 3.76. The molecular formula is C26H24FN7O4S2. The van der Waals surface area contributed by atoms with Crippen LogP contribution in [0.2, 0.25) is 0 Å². The maximum absolute atomic E-state index is 14.9. The lowest BCUT2D eigenvalue weighted by atomic mass is 10.1. The molecule has 0 aliphatic rings. The first-order valence-corrected chi connectivity index (χ1v) is 14.7. The minimum absolute atomic E-state index is 0.0454. The fraction of sp³-hybridized carbons (Fsp3) is 0.154. The average molecular weight is 582 g/mol. The van der Waals surface area contributed by atoms with Gasteiger partial charge in [0, 0.05) is 36.1 Å². The predicted molar refractivity (Wildman–Crippen MR) is 153 cm³/mol. The Balaban J connectivity index is 1.31. The van der Waals surface area contributed by atoms with Gasteiger partial charge in [-0.15, -0.1) is 11.3 Å². The van der Waals surface area contributed by atoms with Gasteiger partial charge in [0.2, 0.25) is 10.0 Å². The highest BCUT2D eigenvalue weighted by Crippen LogP contribution is 2.32. The summed E-state index contributed by atoms with van der Waals surface area (Å²) < 4.78 is 48.4. The van der Waals surface area contributed by atoms with Crippen LogP contribution in [-0.2, 0) is 10.0 Å². The molecular weight excluding hydrogens is 557 g/mol. The summed E-state index contributed by atoms with van der Waals surface area (Å²) in [6.07, 6.45) is 4.07. The van der Waals surface area contributed by atoms with E-state index in [2.05, 4.69) is 30.4 Å². The smallest absolute Gasteiger partial charge is 0.323 e. The zero-order valence-electron chi connectivity index (χ0n) is 21.5. The van der Waals surface area contributed by atoms with Gasteiger partial charge in [-0.3, -0.25) is 9.40 Å². The van der Waals surface area contributed by atoms with Crippen LogP contribution >= 0.6 is 11.3 Å². The first-order valence-electron chi connectivity index (χ1n) is 12.0. The summed E-state index contributed by atoms with van der Waals surface area (Å²) >= 11 is 1.53. The normalized spacial score (nSPS) is 11.5. The van der Waals surface area contributed by atoms with Crippen molar-refractivity contribution in [1.82, 2.24) is 19.7 Å². The molecule has 0 aliphatic heterocycles. The summed E-state index contributed by atoms with van der Waals surface area (Å²) in [6.45, 7) is 3.94. The van der Waals surface area contributed by atoms with Crippen LogP contribution < -0.4 is 20.1 Å². The van der Waals surface area contributed by atoms with E-state index in [0.717, 1.165) is 28.1 Å². The molecule has 0 aliphatic carbocycles. The molecule has 3 aromatic heterocycles. The van der Waals surface area contributed by atoms with Crippen molar-refractivity contribution in [2.75, 3.05) is 21.6 Å². The lowest BCUT2D eigenvalue weighted by molar-refractivity contribution is 0.262. The standard InChI is InChI=1S/C26H24FN7O4S2/c1-15(2)34-13-22(25(32-34)16-4-7-23-21(10-16)29-14-39-23)31-26(35)30-20-6-5-17(11-19(20)27)38-18-8-9-28-24(12-18)33-40(3,36)37/h4-15H,1-3H3,(H,28,33)(H2,30,31,35). The number of thiazole rings is 1. The van der Waals surface area contributed by atoms with E-state index in [4.69, 9.17) is 4.74 Å². The Hall–Kier alpha value is -4.56. The summed E-state index contributed by atoms with van der Waals surface area (Å²) in [6, 6.07) is 11.9. The van der Waals surface area contributed by atoms with Gasteiger partial charge in [-0.1, -0.05) is 6.07 Å². The highest BCUT2D eigenvalue weighted by atomic mass is 32.2. The van der Waals surface area contributed by atoms with Crippen LogP contribution in [0.5, 0.6) is 11.5 Å². The van der Waals surface area contributed by atoms with Gasteiger partial charge in [-0.25, -0.2) is 27.6 Å². The third-order valence-corrected chi connectivity index (χ3v) is 6.95. The summed E-state index contributed by atoms with van der Waals surface area (Å²) in [5.41, 5.74) is 4.33. The second kappa shape index (κ2) is 10.9. The van der Waals surface area contributed by atoms with Crippen molar-refractivity contribution in [3.63, 3.8) is 0 Å². The molecule has 0 saturated heterocycles. The van der Waals surface area contributed by atoms with Crippen molar-refractivity contribution in [1.29, 1.82) is 0 Å². The molecule has 3 N–H and O–H groups in total. The molecule has 11 nitrogen and oxygen atoms in total. The zero-order chi connectivity index (χ0) is 28.4. The quantitative estimate of drug-likeness (QED) is 0.202. The Bertz CT molecular complexity index is 1820. The largest absolute Gasteiger partial charge is 0.457 e. The summed E-state index contributed by atoms with van der Waals surface area (Å²) in [4.78, 5) is 21.1. The number of nitrogens with zero attached hydrogens (tertiary/aromatic N) is 4. The first kappa shape index (κ1) is 27.0. The molecule has 0 saturated carbocycles. The predicted octanol–water partition coefficient (Wildman–Crippen LogP) is 6.08. The highest BCUT2D eigenvalue weighted by molar-refractivity contribution is 7.92. The van der Waals surface area contributed by atoms with E-state index in [9.17, 15) is 17.6 Å². The molecule has 3 heterocycles. The molecule has 206 valence electrons. The van der Waals surface area contributed by atoms with Crippen molar-refractivity contribution in [2.45, 2.75) is 19.9 Å². The first-order chi connectivity index (χ1) is 19.0. The second-order valence-electron chi connectivity index (χ2n) is 9.07.